The van der Waals surface area contributed by atoms with E-state index in [1.54, 1.807) is 18.7 Å². The largest absolute Gasteiger partial charge is 0.493 e. The van der Waals surface area contributed by atoms with Gasteiger partial charge in [0.15, 0.2) is 5.76 Å². The van der Waals surface area contributed by atoms with Crippen molar-refractivity contribution >= 4 is 15.9 Å². The van der Waals surface area contributed by atoms with Gasteiger partial charge < -0.3 is 14.2 Å². The van der Waals surface area contributed by atoms with Gasteiger partial charge in [-0.25, -0.2) is 8.42 Å². The summed E-state index contributed by atoms with van der Waals surface area (Å²) < 4.78 is 37.8. The number of rotatable bonds is 7. The van der Waals surface area contributed by atoms with Crippen molar-refractivity contribution in [3.63, 3.8) is 0 Å². The zero-order valence-electron chi connectivity index (χ0n) is 17.1. The van der Waals surface area contributed by atoms with Gasteiger partial charge in [-0.05, 0) is 38.8 Å². The molecule has 2 aromatic rings. The van der Waals surface area contributed by atoms with Crippen molar-refractivity contribution < 1.29 is 22.5 Å². The van der Waals surface area contributed by atoms with Crippen molar-refractivity contribution in [2.75, 3.05) is 32.8 Å². The zero-order valence-corrected chi connectivity index (χ0v) is 17.9. The summed E-state index contributed by atoms with van der Waals surface area (Å²) in [6.07, 6.45) is 0.993. The summed E-state index contributed by atoms with van der Waals surface area (Å²) in [5.41, 5.74) is 1.42. The maximum Gasteiger partial charge on any atom is 0.248 e. The molecule has 0 atom stereocenters. The second-order valence-corrected chi connectivity index (χ2v) is 9.03. The Balaban J connectivity index is 1.46. The number of benzene rings is 1. The molecule has 0 aliphatic carbocycles. The number of nitrogens with zero attached hydrogens (tertiary/aromatic N) is 3. The number of hydrogen-bond acceptors (Lipinski definition) is 6. The van der Waals surface area contributed by atoms with E-state index in [9.17, 15) is 13.2 Å². The van der Waals surface area contributed by atoms with Gasteiger partial charge in [0.1, 0.15) is 16.3 Å². The van der Waals surface area contributed by atoms with E-state index in [-0.39, 0.29) is 29.7 Å². The fourth-order valence-corrected chi connectivity index (χ4v) is 5.15. The molecule has 0 saturated carbocycles. The Hall–Kier alpha value is -2.39. The van der Waals surface area contributed by atoms with Crippen LogP contribution in [0.2, 0.25) is 0 Å². The summed E-state index contributed by atoms with van der Waals surface area (Å²) in [5, 5.41) is 3.73. The fraction of sp³-hybridized carbons (Fsp3) is 0.500. The van der Waals surface area contributed by atoms with E-state index in [2.05, 4.69) is 5.16 Å². The Bertz CT molecular complexity index is 943. The third-order valence-electron chi connectivity index (χ3n) is 5.04. The summed E-state index contributed by atoms with van der Waals surface area (Å²) in [6, 6.07) is 7.77. The second kappa shape index (κ2) is 8.96. The number of carbonyl (C=O) groups excluding carboxylic acids is 1. The molecule has 1 aromatic carbocycles. The van der Waals surface area contributed by atoms with Crippen molar-refractivity contribution in [3.8, 4) is 5.75 Å². The lowest BCUT2D eigenvalue weighted by atomic mass is 10.2. The molecule has 0 spiro atoms. The molecule has 8 nitrogen and oxygen atoms in total. The van der Waals surface area contributed by atoms with E-state index < -0.39 is 10.0 Å². The predicted molar refractivity (Wildman–Crippen MR) is 107 cm³/mol. The number of ether oxygens (including phenoxy) is 1. The van der Waals surface area contributed by atoms with E-state index in [4.69, 9.17) is 9.26 Å². The average Bonchev–Trinajstić information content (AvgIpc) is 3.05. The molecule has 1 aliphatic rings. The normalized spacial score (nSPS) is 15.5. The molecular formula is C20H27N3O5S. The highest BCUT2D eigenvalue weighted by atomic mass is 32.2. The third-order valence-corrected chi connectivity index (χ3v) is 7.19. The van der Waals surface area contributed by atoms with Crippen molar-refractivity contribution in [1.29, 1.82) is 0 Å². The molecule has 0 unspecified atom stereocenters. The molecule has 1 fully saturated rings. The predicted octanol–water partition coefficient (Wildman–Crippen LogP) is 2.29. The highest BCUT2D eigenvalue weighted by molar-refractivity contribution is 7.89. The molecule has 158 valence electrons. The fourth-order valence-electron chi connectivity index (χ4n) is 3.43. The van der Waals surface area contributed by atoms with Crippen LogP contribution in [-0.2, 0) is 14.8 Å². The quantitative estimate of drug-likeness (QED) is 0.637. The molecule has 1 aromatic heterocycles. The Kier molecular flexibility index (Phi) is 6.59. The molecular weight excluding hydrogens is 394 g/mol. The maximum atomic E-state index is 12.8. The molecule has 3 rings (SSSR count). The van der Waals surface area contributed by atoms with Gasteiger partial charge in [0.05, 0.1) is 6.61 Å². The van der Waals surface area contributed by atoms with Crippen LogP contribution in [0.1, 0.15) is 29.9 Å². The average molecular weight is 422 g/mol. The van der Waals surface area contributed by atoms with E-state index in [1.165, 1.54) is 4.31 Å². The molecule has 9 heteroatoms. The van der Waals surface area contributed by atoms with Crippen molar-refractivity contribution in [2.24, 2.45) is 0 Å². The van der Waals surface area contributed by atoms with Gasteiger partial charge in [0, 0.05) is 32.6 Å². The van der Waals surface area contributed by atoms with Gasteiger partial charge in [0.2, 0.25) is 15.9 Å². The minimum Gasteiger partial charge on any atom is -0.493 e. The van der Waals surface area contributed by atoms with Crippen LogP contribution in [0.4, 0.5) is 0 Å². The van der Waals surface area contributed by atoms with Gasteiger partial charge in [-0.15, -0.1) is 0 Å². The standard InChI is InChI=1S/C20H27N3O5S/c1-15-7-4-5-8-18(15)27-14-6-9-19(24)22-10-12-23(13-11-22)29(25,26)20-16(2)21-28-17(20)3/h4-5,7-8H,6,9-14H2,1-3H3. The smallest absolute Gasteiger partial charge is 0.248 e. The van der Waals surface area contributed by atoms with Crippen LogP contribution in [-0.4, -0.2) is 61.5 Å². The number of carbonyl (C=O) groups is 1. The van der Waals surface area contributed by atoms with Crippen LogP contribution in [0.5, 0.6) is 5.75 Å². The Labute approximate surface area is 171 Å². The van der Waals surface area contributed by atoms with Crippen LogP contribution in [0.3, 0.4) is 0 Å². The summed E-state index contributed by atoms with van der Waals surface area (Å²) in [6.45, 7) is 6.93. The molecule has 29 heavy (non-hydrogen) atoms. The molecule has 0 bridgehead atoms. The van der Waals surface area contributed by atoms with E-state index in [1.807, 2.05) is 31.2 Å². The van der Waals surface area contributed by atoms with Gasteiger partial charge in [-0.2, -0.15) is 4.31 Å². The maximum absolute atomic E-state index is 12.8. The number of piperazine rings is 1. The zero-order chi connectivity index (χ0) is 21.0. The number of para-hydroxylation sites is 1. The lowest BCUT2D eigenvalue weighted by molar-refractivity contribution is -0.132. The highest BCUT2D eigenvalue weighted by Gasteiger charge is 2.34. The Morgan fingerprint density at radius 2 is 1.83 bits per heavy atom. The summed E-state index contributed by atoms with van der Waals surface area (Å²) in [4.78, 5) is 14.3. The van der Waals surface area contributed by atoms with E-state index in [0.717, 1.165) is 11.3 Å². The monoisotopic (exact) mass is 421 g/mol. The molecule has 1 saturated heterocycles. The second-order valence-electron chi connectivity index (χ2n) is 7.16. The van der Waals surface area contributed by atoms with Crippen molar-refractivity contribution in [1.82, 2.24) is 14.4 Å². The minimum atomic E-state index is -3.67. The van der Waals surface area contributed by atoms with Crippen LogP contribution in [0.15, 0.2) is 33.7 Å². The van der Waals surface area contributed by atoms with Crippen molar-refractivity contribution in [2.45, 2.75) is 38.5 Å². The summed E-state index contributed by atoms with van der Waals surface area (Å²) >= 11 is 0. The number of aromatic nitrogens is 1. The summed E-state index contributed by atoms with van der Waals surface area (Å²) in [5.74, 6) is 1.14. The number of sulfonamides is 1. The first kappa shape index (κ1) is 21.3. The molecule has 1 aliphatic heterocycles. The van der Waals surface area contributed by atoms with E-state index >= 15 is 0 Å². The Morgan fingerprint density at radius 3 is 2.45 bits per heavy atom. The number of hydrogen-bond donors (Lipinski definition) is 0. The lowest BCUT2D eigenvalue weighted by Gasteiger charge is -2.34. The Morgan fingerprint density at radius 1 is 1.14 bits per heavy atom. The van der Waals surface area contributed by atoms with Crippen molar-refractivity contribution in [3.05, 3.63) is 41.3 Å². The first-order chi connectivity index (χ1) is 13.8. The van der Waals surface area contributed by atoms with Gasteiger partial charge in [-0.3, -0.25) is 4.79 Å². The van der Waals surface area contributed by atoms with Crippen LogP contribution in [0.25, 0.3) is 0 Å². The SMILES string of the molecule is Cc1ccccc1OCCCC(=O)N1CCN(S(=O)(=O)c2c(C)noc2C)CC1. The van der Waals surface area contributed by atoms with Crippen LogP contribution in [0, 0.1) is 20.8 Å². The molecule has 0 N–H and O–H groups in total. The summed E-state index contributed by atoms with van der Waals surface area (Å²) in [7, 11) is -3.67. The highest BCUT2D eigenvalue weighted by Crippen LogP contribution is 2.24. The number of amides is 1. The van der Waals surface area contributed by atoms with Crippen LogP contribution < -0.4 is 4.74 Å². The third kappa shape index (κ3) is 4.79. The molecule has 0 radical (unpaired) electrons. The van der Waals surface area contributed by atoms with E-state index in [0.29, 0.717) is 38.2 Å². The van der Waals surface area contributed by atoms with Gasteiger partial charge >= 0.3 is 0 Å². The van der Waals surface area contributed by atoms with Gasteiger partial charge in [0.25, 0.3) is 0 Å². The van der Waals surface area contributed by atoms with Gasteiger partial charge in [-0.1, -0.05) is 23.4 Å². The number of aryl methyl sites for hydroxylation is 3. The topological polar surface area (TPSA) is 93.0 Å². The minimum absolute atomic E-state index is 0.0211. The first-order valence-corrected chi connectivity index (χ1v) is 11.1. The lowest BCUT2D eigenvalue weighted by Crippen LogP contribution is -2.50. The molecule has 1 amide bonds. The molecule has 2 heterocycles. The van der Waals surface area contributed by atoms with Crippen LogP contribution >= 0.6 is 0 Å². The first-order valence-electron chi connectivity index (χ1n) is 9.70.